The van der Waals surface area contributed by atoms with Gasteiger partial charge < -0.3 is 15.6 Å². The van der Waals surface area contributed by atoms with E-state index in [0.29, 0.717) is 5.56 Å². The van der Waals surface area contributed by atoms with Gasteiger partial charge in [-0.2, -0.15) is 0 Å². The molecule has 4 nitrogen and oxygen atoms in total. The molecule has 0 saturated heterocycles. The highest BCUT2D eigenvalue weighted by Crippen LogP contribution is 2.24. The minimum Gasteiger partial charge on any atom is -0.506 e. The molecular formula is C10H12FNO3. The Kier molecular flexibility index (Phi) is 3.49. The van der Waals surface area contributed by atoms with Crippen LogP contribution in [0.15, 0.2) is 12.1 Å². The number of anilines is 1. The topological polar surface area (TPSA) is 72.5 Å². The maximum atomic E-state index is 13.0. The fraction of sp³-hybridized carbons (Fsp3) is 0.300. The molecule has 15 heavy (non-hydrogen) atoms. The zero-order chi connectivity index (χ0) is 11.4. The molecule has 1 aromatic carbocycles. The number of aromatic hydroxyl groups is 1. The Morgan fingerprint density at radius 3 is 2.80 bits per heavy atom. The molecule has 0 amide bonds. The third kappa shape index (κ3) is 2.83. The van der Waals surface area contributed by atoms with Crippen LogP contribution in [0.4, 0.5) is 10.1 Å². The number of nitrogens with two attached hydrogens (primary N) is 1. The Morgan fingerprint density at radius 2 is 2.27 bits per heavy atom. The molecule has 0 aliphatic carbocycles. The molecule has 0 aliphatic rings. The van der Waals surface area contributed by atoms with Crippen LogP contribution in [-0.4, -0.2) is 17.7 Å². The molecule has 0 heterocycles. The number of nitrogen functional groups attached to an aromatic ring is 1. The van der Waals surface area contributed by atoms with Gasteiger partial charge in [0, 0.05) is 0 Å². The number of halogens is 1. The molecule has 0 atom stereocenters. The van der Waals surface area contributed by atoms with Crippen molar-refractivity contribution in [2.24, 2.45) is 0 Å². The Balaban J connectivity index is 2.83. The van der Waals surface area contributed by atoms with Crippen molar-refractivity contribution in [3.63, 3.8) is 0 Å². The second-order valence-corrected chi connectivity index (χ2v) is 2.99. The Hall–Kier alpha value is -1.78. The van der Waals surface area contributed by atoms with E-state index in [1.54, 1.807) is 6.92 Å². The highest BCUT2D eigenvalue weighted by atomic mass is 19.1. The van der Waals surface area contributed by atoms with E-state index in [4.69, 9.17) is 5.73 Å². The number of rotatable bonds is 3. The monoisotopic (exact) mass is 213 g/mol. The van der Waals surface area contributed by atoms with Crippen molar-refractivity contribution in [2.75, 3.05) is 12.3 Å². The van der Waals surface area contributed by atoms with Gasteiger partial charge in [0.05, 0.1) is 13.0 Å². The third-order valence-electron chi connectivity index (χ3n) is 1.82. The molecule has 5 heteroatoms. The zero-order valence-corrected chi connectivity index (χ0v) is 8.29. The van der Waals surface area contributed by atoms with Gasteiger partial charge >= 0.3 is 5.97 Å². The molecule has 1 rings (SSSR count). The Labute approximate surface area is 86.5 Å². The molecule has 0 unspecified atom stereocenters. The van der Waals surface area contributed by atoms with Gasteiger partial charge in [-0.3, -0.25) is 4.79 Å². The first kappa shape index (κ1) is 11.3. The van der Waals surface area contributed by atoms with E-state index < -0.39 is 11.8 Å². The smallest absolute Gasteiger partial charge is 0.310 e. The molecule has 1 aromatic rings. The maximum absolute atomic E-state index is 13.0. The predicted octanol–water partition coefficient (Wildman–Crippen LogP) is 1.22. The van der Waals surface area contributed by atoms with Gasteiger partial charge in [0.15, 0.2) is 0 Å². The molecule has 0 aromatic heterocycles. The molecule has 3 N–H and O–H groups in total. The predicted molar refractivity (Wildman–Crippen MR) is 52.8 cm³/mol. The summed E-state index contributed by atoms with van der Waals surface area (Å²) in [7, 11) is 0. The van der Waals surface area contributed by atoms with E-state index >= 15 is 0 Å². The number of hydrogen-bond donors (Lipinski definition) is 2. The van der Waals surface area contributed by atoms with Crippen LogP contribution in [0.2, 0.25) is 0 Å². The van der Waals surface area contributed by atoms with E-state index in [-0.39, 0.29) is 24.5 Å². The van der Waals surface area contributed by atoms with E-state index in [2.05, 4.69) is 4.74 Å². The van der Waals surface area contributed by atoms with Crippen molar-refractivity contribution in [2.45, 2.75) is 13.3 Å². The molecule has 0 fully saturated rings. The summed E-state index contributed by atoms with van der Waals surface area (Å²) >= 11 is 0. The minimum absolute atomic E-state index is 0.0847. The summed E-state index contributed by atoms with van der Waals surface area (Å²) in [5.41, 5.74) is 5.21. The fourth-order valence-electron chi connectivity index (χ4n) is 1.14. The van der Waals surface area contributed by atoms with E-state index in [9.17, 15) is 14.3 Å². The van der Waals surface area contributed by atoms with Crippen molar-refractivity contribution >= 4 is 11.7 Å². The first-order chi connectivity index (χ1) is 7.04. The number of ether oxygens (including phenoxy) is 1. The molecular weight excluding hydrogens is 201 g/mol. The normalized spacial score (nSPS) is 10.0. The molecule has 0 saturated carbocycles. The lowest BCUT2D eigenvalue weighted by atomic mass is 10.1. The van der Waals surface area contributed by atoms with Gasteiger partial charge in [-0.1, -0.05) is 0 Å². The zero-order valence-electron chi connectivity index (χ0n) is 8.29. The number of carbonyl (C=O) groups is 1. The average Bonchev–Trinajstić information content (AvgIpc) is 2.14. The van der Waals surface area contributed by atoms with E-state index in [1.165, 1.54) is 6.07 Å². The van der Waals surface area contributed by atoms with Crippen molar-refractivity contribution in [1.29, 1.82) is 0 Å². The lowest BCUT2D eigenvalue weighted by Gasteiger charge is -2.05. The first-order valence-electron chi connectivity index (χ1n) is 4.47. The molecule has 0 bridgehead atoms. The van der Waals surface area contributed by atoms with Crippen LogP contribution in [0.25, 0.3) is 0 Å². The van der Waals surface area contributed by atoms with Gasteiger partial charge in [-0.15, -0.1) is 0 Å². The summed E-state index contributed by atoms with van der Waals surface area (Å²) in [6, 6.07) is 2.35. The summed E-state index contributed by atoms with van der Waals surface area (Å²) in [6.07, 6.45) is -0.0847. The summed E-state index contributed by atoms with van der Waals surface area (Å²) in [6.45, 7) is 1.95. The number of phenols is 1. The average molecular weight is 213 g/mol. The summed E-state index contributed by atoms with van der Waals surface area (Å²) < 4.78 is 17.7. The van der Waals surface area contributed by atoms with E-state index in [1.807, 2.05) is 0 Å². The standard InChI is InChI=1S/C10H12FNO3/c1-2-15-9(14)5-6-3-7(11)10(12)8(13)4-6/h3-4,13H,2,5,12H2,1H3. The summed E-state index contributed by atoms with van der Waals surface area (Å²) in [5, 5.41) is 9.21. The highest BCUT2D eigenvalue weighted by Gasteiger charge is 2.10. The second kappa shape index (κ2) is 4.63. The number of hydrogen-bond acceptors (Lipinski definition) is 4. The van der Waals surface area contributed by atoms with Crippen LogP contribution in [0.1, 0.15) is 12.5 Å². The Bertz CT molecular complexity index is 356. The van der Waals surface area contributed by atoms with E-state index in [0.717, 1.165) is 6.07 Å². The Morgan fingerprint density at radius 1 is 1.60 bits per heavy atom. The maximum Gasteiger partial charge on any atom is 0.310 e. The van der Waals surface area contributed by atoms with Gasteiger partial charge in [0.25, 0.3) is 0 Å². The van der Waals surface area contributed by atoms with Crippen molar-refractivity contribution < 1.29 is 19.0 Å². The quantitative estimate of drug-likeness (QED) is 0.450. The van der Waals surface area contributed by atoms with Crippen LogP contribution in [0.5, 0.6) is 5.75 Å². The number of benzene rings is 1. The van der Waals surface area contributed by atoms with Gasteiger partial charge in [0.2, 0.25) is 0 Å². The second-order valence-electron chi connectivity index (χ2n) is 2.99. The largest absolute Gasteiger partial charge is 0.506 e. The van der Waals surface area contributed by atoms with Gasteiger partial charge in [0.1, 0.15) is 17.3 Å². The van der Waals surface area contributed by atoms with Gasteiger partial charge in [-0.05, 0) is 24.6 Å². The summed E-state index contributed by atoms with van der Waals surface area (Å²) in [5.74, 6) is -1.58. The number of carbonyl (C=O) groups excluding carboxylic acids is 1. The van der Waals surface area contributed by atoms with Crippen molar-refractivity contribution in [3.05, 3.63) is 23.5 Å². The third-order valence-corrected chi connectivity index (χ3v) is 1.82. The SMILES string of the molecule is CCOC(=O)Cc1cc(O)c(N)c(F)c1. The molecule has 0 spiro atoms. The van der Waals surface area contributed by atoms with Crippen molar-refractivity contribution in [1.82, 2.24) is 0 Å². The van der Waals surface area contributed by atoms with Crippen LogP contribution < -0.4 is 5.73 Å². The minimum atomic E-state index is -0.741. The molecule has 0 aliphatic heterocycles. The van der Waals surface area contributed by atoms with Crippen molar-refractivity contribution in [3.8, 4) is 5.75 Å². The number of phenolic OH excluding ortho intramolecular Hbond substituents is 1. The van der Waals surface area contributed by atoms with Crippen LogP contribution in [0, 0.1) is 5.82 Å². The van der Waals surface area contributed by atoms with Crippen LogP contribution in [-0.2, 0) is 16.0 Å². The number of esters is 1. The highest BCUT2D eigenvalue weighted by molar-refractivity contribution is 5.73. The molecule has 82 valence electrons. The van der Waals surface area contributed by atoms with Gasteiger partial charge in [-0.25, -0.2) is 4.39 Å². The summed E-state index contributed by atoms with van der Waals surface area (Å²) in [4.78, 5) is 11.1. The lowest BCUT2D eigenvalue weighted by molar-refractivity contribution is -0.142. The lowest BCUT2D eigenvalue weighted by Crippen LogP contribution is -2.08. The molecule has 0 radical (unpaired) electrons. The van der Waals surface area contributed by atoms with Crippen LogP contribution >= 0.6 is 0 Å². The fourth-order valence-corrected chi connectivity index (χ4v) is 1.14. The first-order valence-corrected chi connectivity index (χ1v) is 4.47. The van der Waals surface area contributed by atoms with Crippen LogP contribution in [0.3, 0.4) is 0 Å².